The van der Waals surface area contributed by atoms with Crippen LogP contribution in [0.15, 0.2) is 48.7 Å². The van der Waals surface area contributed by atoms with Gasteiger partial charge in [-0.15, -0.1) is 0 Å². The largest absolute Gasteiger partial charge is 0.339 e. The van der Waals surface area contributed by atoms with Gasteiger partial charge in [-0.3, -0.25) is 9.59 Å². The Kier molecular flexibility index (Phi) is 5.10. The van der Waals surface area contributed by atoms with Crippen molar-refractivity contribution in [3.8, 4) is 0 Å². The summed E-state index contributed by atoms with van der Waals surface area (Å²) >= 11 is 0. The third-order valence-corrected chi connectivity index (χ3v) is 6.08. The molecule has 2 aromatic carbocycles. The van der Waals surface area contributed by atoms with Gasteiger partial charge < -0.3 is 9.80 Å². The van der Waals surface area contributed by atoms with Gasteiger partial charge >= 0.3 is 0 Å². The second kappa shape index (κ2) is 8.06. The molecular formula is C24H23FN4O2. The maximum atomic E-state index is 14.5. The summed E-state index contributed by atoms with van der Waals surface area (Å²) in [7, 11) is 0. The van der Waals surface area contributed by atoms with Crippen molar-refractivity contribution in [3.05, 3.63) is 71.3 Å². The topological polar surface area (TPSA) is 66.4 Å². The molecule has 158 valence electrons. The maximum absolute atomic E-state index is 14.5. The van der Waals surface area contributed by atoms with E-state index in [-0.39, 0.29) is 23.3 Å². The molecule has 0 N–H and O–H groups in total. The Morgan fingerprint density at radius 3 is 2.52 bits per heavy atom. The van der Waals surface area contributed by atoms with E-state index < -0.39 is 5.82 Å². The molecule has 1 saturated heterocycles. The van der Waals surface area contributed by atoms with Crippen molar-refractivity contribution in [2.75, 3.05) is 26.2 Å². The van der Waals surface area contributed by atoms with Gasteiger partial charge in [0, 0.05) is 49.3 Å². The third kappa shape index (κ3) is 4.00. The number of amides is 2. The summed E-state index contributed by atoms with van der Waals surface area (Å²) in [6.45, 7) is 1.87. The minimum Gasteiger partial charge on any atom is -0.339 e. The first-order valence-corrected chi connectivity index (χ1v) is 10.7. The van der Waals surface area contributed by atoms with Gasteiger partial charge in [0.25, 0.3) is 5.91 Å². The fraction of sp³-hybridized carbons (Fsp3) is 0.333. The van der Waals surface area contributed by atoms with Gasteiger partial charge in [-0.2, -0.15) is 10.2 Å². The summed E-state index contributed by atoms with van der Waals surface area (Å²) in [6, 6.07) is 12.5. The highest BCUT2D eigenvalue weighted by Crippen LogP contribution is 2.31. The zero-order valence-corrected chi connectivity index (χ0v) is 17.1. The molecule has 1 aliphatic carbocycles. The number of halogens is 1. The Balaban J connectivity index is 1.32. The van der Waals surface area contributed by atoms with Crippen LogP contribution in [0.4, 0.5) is 4.39 Å². The van der Waals surface area contributed by atoms with Crippen LogP contribution in [0.3, 0.4) is 0 Å². The highest BCUT2D eigenvalue weighted by molar-refractivity contribution is 5.95. The molecule has 2 amide bonds. The second-order valence-electron chi connectivity index (χ2n) is 8.26. The molecule has 0 spiro atoms. The average Bonchev–Trinajstić information content (AvgIpc) is 3.65. The first-order chi connectivity index (χ1) is 15.1. The van der Waals surface area contributed by atoms with Gasteiger partial charge in [0.05, 0.1) is 17.5 Å². The summed E-state index contributed by atoms with van der Waals surface area (Å²) in [5.41, 5.74) is 1.65. The zero-order chi connectivity index (χ0) is 21.4. The lowest BCUT2D eigenvalue weighted by Gasteiger charge is -2.35. The number of nitrogens with zero attached hydrogens (tertiary/aromatic N) is 4. The zero-order valence-electron chi connectivity index (χ0n) is 17.1. The van der Waals surface area contributed by atoms with E-state index in [1.165, 1.54) is 6.07 Å². The quantitative estimate of drug-likeness (QED) is 0.653. The smallest absolute Gasteiger partial charge is 0.256 e. The number of aromatic nitrogens is 2. The number of hydrogen-bond acceptors (Lipinski definition) is 4. The predicted octanol–water partition coefficient (Wildman–Crippen LogP) is 3.05. The molecule has 5 rings (SSSR count). The van der Waals surface area contributed by atoms with Crippen molar-refractivity contribution >= 4 is 22.6 Å². The summed E-state index contributed by atoms with van der Waals surface area (Å²) in [6.07, 6.45) is 4.11. The molecule has 2 aliphatic rings. The van der Waals surface area contributed by atoms with Crippen molar-refractivity contribution in [1.29, 1.82) is 0 Å². The fourth-order valence-electron chi connectivity index (χ4n) is 4.15. The summed E-state index contributed by atoms with van der Waals surface area (Å²) in [5.74, 6) is -0.499. The van der Waals surface area contributed by atoms with Gasteiger partial charge in [0.15, 0.2) is 0 Å². The van der Waals surface area contributed by atoms with Crippen molar-refractivity contribution < 1.29 is 14.0 Å². The molecule has 1 aliphatic heterocycles. The van der Waals surface area contributed by atoms with Gasteiger partial charge in [0.1, 0.15) is 5.82 Å². The molecule has 0 radical (unpaired) electrons. The molecule has 1 saturated carbocycles. The first kappa shape index (κ1) is 19.6. The lowest BCUT2D eigenvalue weighted by Crippen LogP contribution is -2.51. The maximum Gasteiger partial charge on any atom is 0.256 e. The number of hydrogen-bond donors (Lipinski definition) is 0. The van der Waals surface area contributed by atoms with E-state index in [4.69, 9.17) is 0 Å². The van der Waals surface area contributed by atoms with E-state index in [1.54, 1.807) is 23.2 Å². The second-order valence-corrected chi connectivity index (χ2v) is 8.26. The molecule has 31 heavy (non-hydrogen) atoms. The number of carbonyl (C=O) groups excluding carboxylic acids is 2. The Morgan fingerprint density at radius 2 is 1.74 bits per heavy atom. The Hall–Kier alpha value is -3.35. The molecule has 2 fully saturated rings. The highest BCUT2D eigenvalue weighted by atomic mass is 19.1. The summed E-state index contributed by atoms with van der Waals surface area (Å²) < 4.78 is 14.5. The normalized spacial score (nSPS) is 16.5. The van der Waals surface area contributed by atoms with Crippen LogP contribution in [0.2, 0.25) is 0 Å². The molecular weight excluding hydrogens is 395 g/mol. The number of piperazine rings is 1. The van der Waals surface area contributed by atoms with E-state index >= 15 is 0 Å². The standard InChI is InChI=1S/C24H23FN4O2/c25-21-8-5-16(14-22-19-4-2-1-3-18(19)15-26-27-22)13-20(21)24(31)29-11-9-28(10-12-29)23(30)17-6-7-17/h1-5,8,13,15,17H,6-7,9-12,14H2. The lowest BCUT2D eigenvalue weighted by molar-refractivity contribution is -0.134. The lowest BCUT2D eigenvalue weighted by atomic mass is 10.0. The van der Waals surface area contributed by atoms with Crippen LogP contribution in [-0.2, 0) is 11.2 Å². The van der Waals surface area contributed by atoms with Crippen LogP contribution in [0.25, 0.3) is 10.8 Å². The number of benzene rings is 2. The fourth-order valence-corrected chi connectivity index (χ4v) is 4.15. The molecule has 0 bridgehead atoms. The van der Waals surface area contributed by atoms with E-state index in [9.17, 15) is 14.0 Å². The molecule has 6 nitrogen and oxygen atoms in total. The molecule has 7 heteroatoms. The number of carbonyl (C=O) groups is 2. The van der Waals surface area contributed by atoms with Crippen LogP contribution in [0, 0.1) is 11.7 Å². The Labute approximate surface area is 179 Å². The van der Waals surface area contributed by atoms with Crippen LogP contribution < -0.4 is 0 Å². The van der Waals surface area contributed by atoms with Gasteiger partial charge in [-0.1, -0.05) is 30.3 Å². The van der Waals surface area contributed by atoms with Crippen molar-refractivity contribution in [2.45, 2.75) is 19.3 Å². The van der Waals surface area contributed by atoms with Crippen molar-refractivity contribution in [3.63, 3.8) is 0 Å². The Bertz CT molecular complexity index is 1150. The third-order valence-electron chi connectivity index (χ3n) is 6.08. The van der Waals surface area contributed by atoms with E-state index in [2.05, 4.69) is 10.2 Å². The minimum atomic E-state index is -0.533. The van der Waals surface area contributed by atoms with Crippen LogP contribution >= 0.6 is 0 Å². The number of rotatable bonds is 4. The summed E-state index contributed by atoms with van der Waals surface area (Å²) in [5, 5.41) is 10.3. The predicted molar refractivity (Wildman–Crippen MR) is 114 cm³/mol. The Morgan fingerprint density at radius 1 is 1.00 bits per heavy atom. The van der Waals surface area contributed by atoms with E-state index in [1.807, 2.05) is 29.2 Å². The van der Waals surface area contributed by atoms with Gasteiger partial charge in [0.2, 0.25) is 5.91 Å². The molecule has 1 aromatic heterocycles. The van der Waals surface area contributed by atoms with Crippen molar-refractivity contribution in [2.24, 2.45) is 5.92 Å². The SMILES string of the molecule is O=C(c1cc(Cc2nncc3ccccc23)ccc1F)N1CCN(C(=O)C2CC2)CC1. The molecule has 3 aromatic rings. The molecule has 2 heterocycles. The average molecular weight is 418 g/mol. The number of fused-ring (bicyclic) bond motifs is 1. The monoisotopic (exact) mass is 418 g/mol. The van der Waals surface area contributed by atoms with Crippen LogP contribution in [0.1, 0.15) is 34.5 Å². The van der Waals surface area contributed by atoms with Gasteiger partial charge in [-0.25, -0.2) is 4.39 Å². The van der Waals surface area contributed by atoms with Gasteiger partial charge in [-0.05, 0) is 30.5 Å². The van der Waals surface area contributed by atoms with E-state index in [0.717, 1.165) is 34.9 Å². The van der Waals surface area contributed by atoms with Crippen LogP contribution in [0.5, 0.6) is 0 Å². The minimum absolute atomic E-state index is 0.0627. The first-order valence-electron chi connectivity index (χ1n) is 10.7. The molecule has 0 unspecified atom stereocenters. The van der Waals surface area contributed by atoms with Crippen molar-refractivity contribution in [1.82, 2.24) is 20.0 Å². The van der Waals surface area contributed by atoms with E-state index in [0.29, 0.717) is 32.6 Å². The highest BCUT2D eigenvalue weighted by Gasteiger charge is 2.35. The van der Waals surface area contributed by atoms with Crippen LogP contribution in [-0.4, -0.2) is 58.0 Å². The molecule has 0 atom stereocenters. The summed E-state index contributed by atoms with van der Waals surface area (Å²) in [4.78, 5) is 28.7.